The Morgan fingerprint density at radius 2 is 2.00 bits per heavy atom. The van der Waals surface area contributed by atoms with Gasteiger partial charge in [-0.1, -0.05) is 30.3 Å². The summed E-state index contributed by atoms with van der Waals surface area (Å²) in [5.74, 6) is 0.0450. The molecule has 2 aromatic rings. The number of nitrogens with zero attached hydrogens (tertiary/aromatic N) is 3. The Morgan fingerprint density at radius 3 is 2.70 bits per heavy atom. The number of ether oxygens (including phenoxy) is 1. The molecule has 3 rings (SSSR count). The number of piperidine rings is 1. The number of aromatic nitrogens is 3. The minimum absolute atomic E-state index is 0.0450. The fourth-order valence-corrected chi connectivity index (χ4v) is 3.09. The molecule has 144 valence electrons. The van der Waals surface area contributed by atoms with Gasteiger partial charge in [0.1, 0.15) is 6.61 Å². The molecule has 2 N–H and O–H groups in total. The first kappa shape index (κ1) is 18.9. The second kappa shape index (κ2) is 9.70. The van der Waals surface area contributed by atoms with Gasteiger partial charge in [-0.2, -0.15) is 15.4 Å². The van der Waals surface area contributed by atoms with Crippen molar-refractivity contribution in [3.05, 3.63) is 47.8 Å². The maximum absolute atomic E-state index is 12.2. The lowest BCUT2D eigenvalue weighted by atomic mass is 10.0. The Kier molecular flexibility index (Phi) is 6.78. The number of carbonyl (C=O) groups excluding carboxylic acids is 2. The number of benzene rings is 1. The zero-order valence-electron chi connectivity index (χ0n) is 15.3. The van der Waals surface area contributed by atoms with Gasteiger partial charge in [0.25, 0.3) is 0 Å². The fraction of sp³-hybridized carbons (Fsp3) is 0.474. The smallest absolute Gasteiger partial charge is 0.410 e. The van der Waals surface area contributed by atoms with Crippen LogP contribution in [-0.4, -0.2) is 51.4 Å². The molecule has 0 saturated carbocycles. The molecule has 27 heavy (non-hydrogen) atoms. The van der Waals surface area contributed by atoms with Crippen LogP contribution in [0.15, 0.2) is 36.5 Å². The van der Waals surface area contributed by atoms with Crippen LogP contribution in [0, 0.1) is 0 Å². The molecule has 1 aromatic heterocycles. The van der Waals surface area contributed by atoms with Crippen LogP contribution in [-0.2, 0) is 22.6 Å². The maximum Gasteiger partial charge on any atom is 0.410 e. The van der Waals surface area contributed by atoms with Gasteiger partial charge in [-0.15, -0.1) is 0 Å². The van der Waals surface area contributed by atoms with Gasteiger partial charge in [-0.25, -0.2) is 4.79 Å². The Bertz CT molecular complexity index is 712. The van der Waals surface area contributed by atoms with Crippen molar-refractivity contribution < 1.29 is 14.3 Å². The van der Waals surface area contributed by atoms with E-state index in [1.807, 2.05) is 30.3 Å². The van der Waals surface area contributed by atoms with E-state index in [1.54, 1.807) is 11.1 Å². The number of rotatable bonds is 7. The Morgan fingerprint density at radius 1 is 1.22 bits per heavy atom. The van der Waals surface area contributed by atoms with Crippen LogP contribution < -0.4 is 5.32 Å². The van der Waals surface area contributed by atoms with Gasteiger partial charge in [-0.05, 0) is 31.2 Å². The molecule has 0 unspecified atom stereocenters. The molecular weight excluding hydrogens is 346 g/mol. The van der Waals surface area contributed by atoms with Gasteiger partial charge in [0.2, 0.25) is 5.91 Å². The van der Waals surface area contributed by atoms with E-state index in [1.165, 1.54) is 0 Å². The van der Waals surface area contributed by atoms with Crippen molar-refractivity contribution in [3.63, 3.8) is 0 Å². The van der Waals surface area contributed by atoms with Crippen LogP contribution in [0.4, 0.5) is 4.79 Å². The molecule has 8 heteroatoms. The molecule has 8 nitrogen and oxygen atoms in total. The van der Waals surface area contributed by atoms with Crippen LogP contribution >= 0.6 is 0 Å². The lowest BCUT2D eigenvalue weighted by Crippen LogP contribution is -2.46. The molecule has 1 aliphatic heterocycles. The van der Waals surface area contributed by atoms with Gasteiger partial charge >= 0.3 is 6.09 Å². The van der Waals surface area contributed by atoms with Crippen LogP contribution in [0.3, 0.4) is 0 Å². The molecule has 2 heterocycles. The van der Waals surface area contributed by atoms with Gasteiger partial charge in [0, 0.05) is 25.6 Å². The lowest BCUT2D eigenvalue weighted by molar-refractivity contribution is -0.122. The molecule has 0 atom stereocenters. The number of carbonyl (C=O) groups is 2. The highest BCUT2D eigenvalue weighted by atomic mass is 16.6. The SMILES string of the molecule is O=C(CCCc1cn[nH]n1)NC1CCN(C(=O)OCc2ccccc2)CC1. The fourth-order valence-electron chi connectivity index (χ4n) is 3.09. The summed E-state index contributed by atoms with van der Waals surface area (Å²) in [6.07, 6.45) is 4.80. The number of likely N-dealkylation sites (tertiary alicyclic amines) is 1. The highest BCUT2D eigenvalue weighted by Gasteiger charge is 2.24. The second-order valence-electron chi connectivity index (χ2n) is 6.68. The van der Waals surface area contributed by atoms with Crippen molar-refractivity contribution in [2.45, 2.75) is 44.8 Å². The van der Waals surface area contributed by atoms with E-state index in [-0.39, 0.29) is 24.6 Å². The van der Waals surface area contributed by atoms with Crippen molar-refractivity contribution in [1.29, 1.82) is 0 Å². The molecule has 0 aliphatic carbocycles. The standard InChI is InChI=1S/C19H25N5O3/c25-18(8-4-7-17-13-20-23-22-17)21-16-9-11-24(12-10-16)19(26)27-14-15-5-2-1-3-6-15/h1-3,5-6,13,16H,4,7-12,14H2,(H,21,25)(H,20,22,23). The largest absolute Gasteiger partial charge is 0.445 e. The van der Waals surface area contributed by atoms with Gasteiger partial charge in [-0.3, -0.25) is 4.79 Å². The normalized spacial score (nSPS) is 14.7. The van der Waals surface area contributed by atoms with Gasteiger partial charge in [0.15, 0.2) is 0 Å². The van der Waals surface area contributed by atoms with Crippen molar-refractivity contribution in [2.75, 3.05) is 13.1 Å². The number of aryl methyl sites for hydroxylation is 1. The Balaban J connectivity index is 1.31. The number of aromatic amines is 1. The summed E-state index contributed by atoms with van der Waals surface area (Å²) in [6, 6.07) is 9.74. The van der Waals surface area contributed by atoms with E-state index in [0.29, 0.717) is 19.5 Å². The first-order valence-electron chi connectivity index (χ1n) is 9.30. The zero-order valence-corrected chi connectivity index (χ0v) is 15.3. The van der Waals surface area contributed by atoms with Crippen LogP contribution in [0.1, 0.15) is 36.9 Å². The molecule has 1 saturated heterocycles. The van der Waals surface area contributed by atoms with E-state index in [2.05, 4.69) is 20.7 Å². The summed E-state index contributed by atoms with van der Waals surface area (Å²) in [5, 5.41) is 13.3. The number of H-pyrrole nitrogens is 1. The third kappa shape index (κ3) is 6.09. The van der Waals surface area contributed by atoms with Gasteiger partial charge in [0.05, 0.1) is 11.9 Å². The topological polar surface area (TPSA) is 100 Å². The average Bonchev–Trinajstić information content (AvgIpc) is 3.21. The molecular formula is C19H25N5O3. The summed E-state index contributed by atoms with van der Waals surface area (Å²) < 4.78 is 5.36. The van der Waals surface area contributed by atoms with E-state index < -0.39 is 0 Å². The maximum atomic E-state index is 12.2. The van der Waals surface area contributed by atoms with Gasteiger partial charge < -0.3 is 15.0 Å². The quantitative estimate of drug-likeness (QED) is 0.776. The van der Waals surface area contributed by atoms with Crippen molar-refractivity contribution in [3.8, 4) is 0 Å². The number of nitrogens with one attached hydrogen (secondary N) is 2. The summed E-state index contributed by atoms with van der Waals surface area (Å²) in [5.41, 5.74) is 1.84. The van der Waals surface area contributed by atoms with E-state index >= 15 is 0 Å². The van der Waals surface area contributed by atoms with E-state index in [9.17, 15) is 9.59 Å². The number of hydrogen-bond donors (Lipinski definition) is 2. The minimum atomic E-state index is -0.295. The predicted molar refractivity (Wildman–Crippen MR) is 98.7 cm³/mol. The molecule has 1 aliphatic rings. The second-order valence-corrected chi connectivity index (χ2v) is 6.68. The average molecular weight is 371 g/mol. The summed E-state index contributed by atoms with van der Waals surface area (Å²) >= 11 is 0. The molecule has 0 spiro atoms. The van der Waals surface area contributed by atoms with E-state index in [4.69, 9.17) is 4.74 Å². The highest BCUT2D eigenvalue weighted by Crippen LogP contribution is 2.13. The molecule has 0 bridgehead atoms. The van der Waals surface area contributed by atoms with Crippen LogP contribution in [0.25, 0.3) is 0 Å². The zero-order chi connectivity index (χ0) is 18.9. The molecule has 1 fully saturated rings. The first-order chi connectivity index (χ1) is 13.2. The molecule has 2 amide bonds. The Hall–Kier alpha value is -2.90. The summed E-state index contributed by atoms with van der Waals surface area (Å²) in [4.78, 5) is 25.9. The Labute approximate surface area is 158 Å². The monoisotopic (exact) mass is 371 g/mol. The molecule has 0 radical (unpaired) electrons. The number of amides is 2. The van der Waals surface area contributed by atoms with Crippen molar-refractivity contribution >= 4 is 12.0 Å². The molecule has 1 aromatic carbocycles. The first-order valence-corrected chi connectivity index (χ1v) is 9.30. The predicted octanol–water partition coefficient (Wildman–Crippen LogP) is 2.04. The third-order valence-corrected chi connectivity index (χ3v) is 4.63. The van der Waals surface area contributed by atoms with Crippen LogP contribution in [0.5, 0.6) is 0 Å². The minimum Gasteiger partial charge on any atom is -0.445 e. The lowest BCUT2D eigenvalue weighted by Gasteiger charge is -2.31. The van der Waals surface area contributed by atoms with E-state index in [0.717, 1.165) is 36.9 Å². The third-order valence-electron chi connectivity index (χ3n) is 4.63. The van der Waals surface area contributed by atoms with Crippen molar-refractivity contribution in [2.24, 2.45) is 0 Å². The van der Waals surface area contributed by atoms with Crippen molar-refractivity contribution in [1.82, 2.24) is 25.6 Å². The summed E-state index contributed by atoms with van der Waals surface area (Å²) in [7, 11) is 0. The number of hydrogen-bond acceptors (Lipinski definition) is 5. The van der Waals surface area contributed by atoms with Crippen LogP contribution in [0.2, 0.25) is 0 Å². The highest BCUT2D eigenvalue weighted by molar-refractivity contribution is 5.76. The summed E-state index contributed by atoms with van der Waals surface area (Å²) in [6.45, 7) is 1.47.